The van der Waals surface area contributed by atoms with Crippen molar-refractivity contribution in [1.29, 1.82) is 0 Å². The lowest BCUT2D eigenvalue weighted by Gasteiger charge is -2.09. The molecule has 0 heterocycles. The van der Waals surface area contributed by atoms with Crippen molar-refractivity contribution >= 4 is 0 Å². The van der Waals surface area contributed by atoms with Crippen molar-refractivity contribution in [1.82, 2.24) is 0 Å². The minimum atomic E-state index is -0.0303. The van der Waals surface area contributed by atoms with E-state index in [1.165, 1.54) is 103 Å². The van der Waals surface area contributed by atoms with Crippen LogP contribution in [0, 0.1) is 0 Å². The average Bonchev–Trinajstić information content (AvgIpc) is 2.53. The molecule has 0 aliphatic carbocycles. The predicted octanol–water partition coefficient (Wildman–Crippen LogP) is 7.41. The largest absolute Gasteiger partial charge is 0.393 e. The highest BCUT2D eigenvalue weighted by Crippen LogP contribution is 2.14. The van der Waals surface area contributed by atoms with Crippen molar-refractivity contribution < 1.29 is 5.11 Å². The fourth-order valence-electron chi connectivity index (χ4n) is 3.16. The van der Waals surface area contributed by atoms with Gasteiger partial charge in [-0.15, -0.1) is 0 Å². The highest BCUT2D eigenvalue weighted by atomic mass is 16.3. The van der Waals surface area contributed by atoms with Gasteiger partial charge in [-0.1, -0.05) is 117 Å². The smallest absolute Gasteiger partial charge is 0.0540 e. The topological polar surface area (TPSA) is 20.2 Å². The molecule has 0 bridgehead atoms. The number of hydrogen-bond acceptors (Lipinski definition) is 1. The monoisotopic (exact) mass is 312 g/mol. The van der Waals surface area contributed by atoms with Crippen LogP contribution in [0.25, 0.3) is 0 Å². The maximum atomic E-state index is 9.77. The van der Waals surface area contributed by atoms with Gasteiger partial charge >= 0.3 is 0 Å². The predicted molar refractivity (Wildman–Crippen MR) is 100 cm³/mol. The van der Waals surface area contributed by atoms with Crippen molar-refractivity contribution in [2.45, 2.75) is 136 Å². The fourth-order valence-corrected chi connectivity index (χ4v) is 3.16. The summed E-state index contributed by atoms with van der Waals surface area (Å²) < 4.78 is 0. The zero-order valence-electron chi connectivity index (χ0n) is 15.8. The molecule has 134 valence electrons. The summed E-state index contributed by atoms with van der Waals surface area (Å²) in [5.74, 6) is 0. The Morgan fingerprint density at radius 1 is 0.455 bits per heavy atom. The molecule has 0 aromatic heterocycles. The second-order valence-electron chi connectivity index (χ2n) is 7.18. The lowest BCUT2D eigenvalue weighted by atomic mass is 10.0. The van der Waals surface area contributed by atoms with Crippen LogP contribution >= 0.6 is 0 Å². The highest BCUT2D eigenvalue weighted by Gasteiger charge is 2.02. The first kappa shape index (κ1) is 22.0. The van der Waals surface area contributed by atoms with E-state index in [-0.39, 0.29) is 6.10 Å². The summed E-state index contributed by atoms with van der Waals surface area (Å²) in [5, 5.41) is 9.77. The Hall–Kier alpha value is -0.0400. The molecule has 0 radical (unpaired) electrons. The van der Waals surface area contributed by atoms with E-state index in [4.69, 9.17) is 0 Å². The van der Waals surface area contributed by atoms with Crippen LogP contribution in [0.4, 0.5) is 0 Å². The maximum absolute atomic E-state index is 9.77. The van der Waals surface area contributed by atoms with Crippen molar-refractivity contribution in [3.05, 3.63) is 0 Å². The Morgan fingerprint density at radius 2 is 0.773 bits per heavy atom. The minimum absolute atomic E-state index is 0.0303. The molecule has 0 spiro atoms. The van der Waals surface area contributed by atoms with Gasteiger partial charge in [-0.2, -0.15) is 0 Å². The Kier molecular flexibility index (Phi) is 19.0. The summed E-state index contributed by atoms with van der Waals surface area (Å²) in [6, 6.07) is 0. The van der Waals surface area contributed by atoms with Gasteiger partial charge in [-0.3, -0.25) is 0 Å². The van der Waals surface area contributed by atoms with Gasteiger partial charge in [0.2, 0.25) is 0 Å². The van der Waals surface area contributed by atoms with E-state index in [0.29, 0.717) is 0 Å². The zero-order chi connectivity index (χ0) is 16.3. The number of aliphatic hydroxyl groups excluding tert-OH is 1. The standard InChI is InChI=1S/C21H44O/c1-3-5-7-8-9-10-11-12-13-14-15-16-17-18-20-21(22)19-6-4-2/h21-22H,3-20H2,1-2H3. The van der Waals surface area contributed by atoms with Gasteiger partial charge in [0.05, 0.1) is 6.10 Å². The van der Waals surface area contributed by atoms with E-state index in [1.807, 2.05) is 0 Å². The minimum Gasteiger partial charge on any atom is -0.393 e. The summed E-state index contributed by atoms with van der Waals surface area (Å²) in [6.45, 7) is 4.48. The van der Waals surface area contributed by atoms with Crippen molar-refractivity contribution in [2.75, 3.05) is 0 Å². The number of unbranched alkanes of at least 4 members (excludes halogenated alkanes) is 14. The van der Waals surface area contributed by atoms with E-state index < -0.39 is 0 Å². The molecule has 0 rings (SSSR count). The first-order chi connectivity index (χ1) is 10.8. The van der Waals surface area contributed by atoms with Crippen LogP contribution in [-0.4, -0.2) is 11.2 Å². The van der Waals surface area contributed by atoms with Gasteiger partial charge in [0.15, 0.2) is 0 Å². The molecule has 0 fully saturated rings. The second kappa shape index (κ2) is 19.0. The number of rotatable bonds is 18. The summed E-state index contributed by atoms with van der Waals surface area (Å²) >= 11 is 0. The van der Waals surface area contributed by atoms with E-state index in [2.05, 4.69) is 13.8 Å². The first-order valence-electron chi connectivity index (χ1n) is 10.5. The third kappa shape index (κ3) is 18.0. The van der Waals surface area contributed by atoms with E-state index in [0.717, 1.165) is 12.8 Å². The summed E-state index contributed by atoms with van der Waals surface area (Å²) in [6.07, 6.45) is 24.1. The van der Waals surface area contributed by atoms with Gasteiger partial charge in [-0.25, -0.2) is 0 Å². The van der Waals surface area contributed by atoms with Crippen LogP contribution in [0.15, 0.2) is 0 Å². The van der Waals surface area contributed by atoms with Gasteiger partial charge in [0, 0.05) is 0 Å². The van der Waals surface area contributed by atoms with Gasteiger partial charge in [0.1, 0.15) is 0 Å². The number of hydrogen-bond donors (Lipinski definition) is 1. The van der Waals surface area contributed by atoms with Crippen LogP contribution in [0.5, 0.6) is 0 Å². The van der Waals surface area contributed by atoms with Crippen LogP contribution in [0.1, 0.15) is 129 Å². The lowest BCUT2D eigenvalue weighted by Crippen LogP contribution is -2.05. The lowest BCUT2D eigenvalue weighted by molar-refractivity contribution is 0.148. The molecule has 0 aliphatic heterocycles. The SMILES string of the molecule is CCCCCCCCCCCCCCCCC(O)CCCC. The molecule has 0 saturated carbocycles. The molecule has 1 unspecified atom stereocenters. The second-order valence-corrected chi connectivity index (χ2v) is 7.18. The molecule has 1 heteroatoms. The molecular formula is C21H44O. The molecule has 1 nitrogen and oxygen atoms in total. The van der Waals surface area contributed by atoms with Crippen LogP contribution in [0.2, 0.25) is 0 Å². The number of aliphatic hydroxyl groups is 1. The molecule has 22 heavy (non-hydrogen) atoms. The summed E-state index contributed by atoms with van der Waals surface area (Å²) in [4.78, 5) is 0. The molecular weight excluding hydrogens is 268 g/mol. The van der Waals surface area contributed by atoms with E-state index in [1.54, 1.807) is 0 Å². The van der Waals surface area contributed by atoms with Gasteiger partial charge in [-0.05, 0) is 12.8 Å². The Bertz CT molecular complexity index is 190. The van der Waals surface area contributed by atoms with Crippen molar-refractivity contribution in [2.24, 2.45) is 0 Å². The molecule has 1 atom stereocenters. The molecule has 0 aliphatic rings. The van der Waals surface area contributed by atoms with E-state index in [9.17, 15) is 5.11 Å². The van der Waals surface area contributed by atoms with Crippen LogP contribution < -0.4 is 0 Å². The van der Waals surface area contributed by atoms with Crippen LogP contribution in [0.3, 0.4) is 0 Å². The highest BCUT2D eigenvalue weighted by molar-refractivity contribution is 4.56. The zero-order valence-corrected chi connectivity index (χ0v) is 15.8. The van der Waals surface area contributed by atoms with Crippen LogP contribution in [-0.2, 0) is 0 Å². The van der Waals surface area contributed by atoms with Crippen molar-refractivity contribution in [3.8, 4) is 0 Å². The first-order valence-corrected chi connectivity index (χ1v) is 10.5. The third-order valence-electron chi connectivity index (χ3n) is 4.78. The van der Waals surface area contributed by atoms with Crippen molar-refractivity contribution in [3.63, 3.8) is 0 Å². The summed E-state index contributed by atoms with van der Waals surface area (Å²) in [7, 11) is 0. The summed E-state index contributed by atoms with van der Waals surface area (Å²) in [5.41, 5.74) is 0. The molecule has 0 saturated heterocycles. The fraction of sp³-hybridized carbons (Fsp3) is 1.00. The molecule has 0 aromatic carbocycles. The molecule has 0 amide bonds. The molecule has 1 N–H and O–H groups in total. The van der Waals surface area contributed by atoms with Gasteiger partial charge < -0.3 is 5.11 Å². The Balaban J connectivity index is 3.02. The van der Waals surface area contributed by atoms with E-state index >= 15 is 0 Å². The quantitative estimate of drug-likeness (QED) is 0.261. The van der Waals surface area contributed by atoms with Gasteiger partial charge in [0.25, 0.3) is 0 Å². The molecule has 0 aromatic rings. The Morgan fingerprint density at radius 3 is 1.18 bits per heavy atom. The normalized spacial score (nSPS) is 12.7. The Labute approximate surface area is 141 Å². The average molecular weight is 313 g/mol. The third-order valence-corrected chi connectivity index (χ3v) is 4.78. The maximum Gasteiger partial charge on any atom is 0.0540 e.